The van der Waals surface area contributed by atoms with E-state index in [1.165, 1.54) is 16.0 Å². The summed E-state index contributed by atoms with van der Waals surface area (Å²) >= 11 is 1.83. The van der Waals surface area contributed by atoms with Crippen LogP contribution in [-0.4, -0.2) is 64.9 Å². The predicted octanol–water partition coefficient (Wildman–Crippen LogP) is 2.83. The van der Waals surface area contributed by atoms with E-state index in [0.717, 1.165) is 32.0 Å². The van der Waals surface area contributed by atoms with Gasteiger partial charge >= 0.3 is 0 Å². The van der Waals surface area contributed by atoms with E-state index in [4.69, 9.17) is 0 Å². The molecule has 1 atom stereocenters. The molecule has 2 aliphatic rings. The maximum atomic E-state index is 13.2. The highest BCUT2D eigenvalue weighted by Crippen LogP contribution is 2.37. The van der Waals surface area contributed by atoms with Crippen LogP contribution in [0.2, 0.25) is 0 Å². The summed E-state index contributed by atoms with van der Waals surface area (Å²) in [6.07, 6.45) is 4.54. The van der Waals surface area contributed by atoms with Crippen LogP contribution in [0.4, 0.5) is 5.95 Å². The van der Waals surface area contributed by atoms with Crippen LogP contribution in [0.3, 0.4) is 0 Å². The maximum Gasteiger partial charge on any atom is 0.236 e. The Morgan fingerprint density at radius 3 is 2.50 bits per heavy atom. The van der Waals surface area contributed by atoms with Crippen molar-refractivity contribution in [2.45, 2.75) is 12.5 Å². The second-order valence-electron chi connectivity index (χ2n) is 7.75. The normalized spacial score (nSPS) is 19.5. The fourth-order valence-corrected chi connectivity index (χ4v) is 5.35. The van der Waals surface area contributed by atoms with E-state index >= 15 is 0 Å². The van der Waals surface area contributed by atoms with Gasteiger partial charge in [0.2, 0.25) is 11.9 Å². The maximum absolute atomic E-state index is 13.2. The van der Waals surface area contributed by atoms with Gasteiger partial charge in [-0.3, -0.25) is 9.69 Å². The predicted molar refractivity (Wildman–Crippen MR) is 119 cm³/mol. The van der Waals surface area contributed by atoms with Gasteiger partial charge in [0, 0.05) is 50.0 Å². The van der Waals surface area contributed by atoms with Gasteiger partial charge in [-0.1, -0.05) is 30.3 Å². The molecule has 154 valence electrons. The van der Waals surface area contributed by atoms with Crippen LogP contribution in [0.1, 0.15) is 22.0 Å². The molecule has 1 amide bonds. The third-order valence-electron chi connectivity index (χ3n) is 5.99. The number of nitrogens with zero attached hydrogens (tertiary/aromatic N) is 5. The van der Waals surface area contributed by atoms with Crippen molar-refractivity contribution in [2.75, 3.05) is 44.2 Å². The molecule has 0 unspecified atom stereocenters. The molecule has 0 aliphatic carbocycles. The van der Waals surface area contributed by atoms with Crippen LogP contribution in [0, 0.1) is 0 Å². The SMILES string of the molecule is O=C(CN1CCc2sccc2[C@H]1c1ccccc1)N1CCN(c2ncccn2)CC1. The van der Waals surface area contributed by atoms with Crippen molar-refractivity contribution in [3.63, 3.8) is 0 Å². The van der Waals surface area contributed by atoms with Crippen molar-refractivity contribution in [3.8, 4) is 0 Å². The fourth-order valence-electron chi connectivity index (χ4n) is 4.45. The zero-order chi connectivity index (χ0) is 20.3. The van der Waals surface area contributed by atoms with Gasteiger partial charge < -0.3 is 9.80 Å². The largest absolute Gasteiger partial charge is 0.338 e. The number of hydrogen-bond acceptors (Lipinski definition) is 6. The van der Waals surface area contributed by atoms with Gasteiger partial charge in [-0.05, 0) is 35.1 Å². The summed E-state index contributed by atoms with van der Waals surface area (Å²) in [5.74, 6) is 0.956. The van der Waals surface area contributed by atoms with Crippen LogP contribution in [-0.2, 0) is 11.2 Å². The van der Waals surface area contributed by atoms with Gasteiger partial charge in [0.05, 0.1) is 12.6 Å². The third-order valence-corrected chi connectivity index (χ3v) is 6.98. The second-order valence-corrected chi connectivity index (χ2v) is 8.75. The summed E-state index contributed by atoms with van der Waals surface area (Å²) in [7, 11) is 0. The summed E-state index contributed by atoms with van der Waals surface area (Å²) in [4.78, 5) is 29.8. The molecule has 7 heteroatoms. The average Bonchev–Trinajstić information content (AvgIpc) is 3.29. The Morgan fingerprint density at radius 2 is 1.73 bits per heavy atom. The molecule has 0 bridgehead atoms. The van der Waals surface area contributed by atoms with E-state index in [0.29, 0.717) is 19.6 Å². The minimum absolute atomic E-state index is 0.157. The zero-order valence-electron chi connectivity index (χ0n) is 16.9. The number of carbonyl (C=O) groups excluding carboxylic acids is 1. The molecule has 1 fully saturated rings. The molecule has 30 heavy (non-hydrogen) atoms. The topological polar surface area (TPSA) is 52.6 Å². The highest BCUT2D eigenvalue weighted by molar-refractivity contribution is 7.10. The molecule has 6 nitrogen and oxygen atoms in total. The summed E-state index contributed by atoms with van der Waals surface area (Å²) in [5, 5.41) is 2.18. The summed E-state index contributed by atoms with van der Waals surface area (Å²) in [5.41, 5.74) is 2.62. The van der Waals surface area contributed by atoms with E-state index in [-0.39, 0.29) is 11.9 Å². The van der Waals surface area contributed by atoms with Crippen LogP contribution >= 0.6 is 11.3 Å². The Labute approximate surface area is 180 Å². The van der Waals surface area contributed by atoms with Crippen LogP contribution in [0.5, 0.6) is 0 Å². The number of rotatable bonds is 4. The fraction of sp³-hybridized carbons (Fsp3) is 0.348. The third kappa shape index (κ3) is 3.82. The Bertz CT molecular complexity index is 985. The van der Waals surface area contributed by atoms with Crippen molar-refractivity contribution in [3.05, 3.63) is 76.2 Å². The summed E-state index contributed by atoms with van der Waals surface area (Å²) in [6, 6.07) is 14.8. The lowest BCUT2D eigenvalue weighted by Gasteiger charge is -2.39. The average molecular weight is 420 g/mol. The van der Waals surface area contributed by atoms with E-state index in [9.17, 15) is 4.79 Å². The van der Waals surface area contributed by atoms with Gasteiger partial charge in [0.15, 0.2) is 0 Å². The molecule has 1 saturated heterocycles. The molecule has 3 aromatic rings. The first-order valence-electron chi connectivity index (χ1n) is 10.4. The monoisotopic (exact) mass is 419 g/mol. The number of amides is 1. The van der Waals surface area contributed by atoms with E-state index in [1.54, 1.807) is 12.4 Å². The molecule has 4 heterocycles. The Morgan fingerprint density at radius 1 is 0.967 bits per heavy atom. The van der Waals surface area contributed by atoms with Crippen molar-refractivity contribution in [2.24, 2.45) is 0 Å². The van der Waals surface area contributed by atoms with Gasteiger partial charge in [-0.25, -0.2) is 9.97 Å². The van der Waals surface area contributed by atoms with E-state index < -0.39 is 0 Å². The smallest absolute Gasteiger partial charge is 0.236 e. The molecule has 5 rings (SSSR count). The number of hydrogen-bond donors (Lipinski definition) is 0. The van der Waals surface area contributed by atoms with Crippen LogP contribution in [0.15, 0.2) is 60.2 Å². The molecule has 2 aliphatic heterocycles. The van der Waals surface area contributed by atoms with Gasteiger partial charge in [-0.2, -0.15) is 0 Å². The standard InChI is InChI=1S/C23H25N5OS/c29-21(26-12-14-27(15-13-26)23-24-9-4-10-25-23)17-28-11-7-20-19(8-16-30-20)22(28)18-5-2-1-3-6-18/h1-6,8-10,16,22H,7,11-15,17H2/t22-/m1/s1. The number of fused-ring (bicyclic) bond motifs is 1. The van der Waals surface area contributed by atoms with Gasteiger partial charge in [-0.15, -0.1) is 11.3 Å². The Balaban J connectivity index is 1.27. The minimum Gasteiger partial charge on any atom is -0.338 e. The summed E-state index contributed by atoms with van der Waals surface area (Å²) < 4.78 is 0. The lowest BCUT2D eigenvalue weighted by Crippen LogP contribution is -2.52. The Hall–Kier alpha value is -2.77. The van der Waals surface area contributed by atoms with Gasteiger partial charge in [0.25, 0.3) is 0 Å². The lowest BCUT2D eigenvalue weighted by atomic mass is 9.93. The quantitative estimate of drug-likeness (QED) is 0.651. The first-order valence-corrected chi connectivity index (χ1v) is 11.3. The van der Waals surface area contributed by atoms with Crippen molar-refractivity contribution in [1.82, 2.24) is 19.8 Å². The van der Waals surface area contributed by atoms with E-state index in [1.807, 2.05) is 28.4 Å². The molecule has 0 spiro atoms. The number of anilines is 1. The van der Waals surface area contributed by atoms with Crippen molar-refractivity contribution < 1.29 is 4.79 Å². The Kier molecular flexibility index (Phi) is 5.46. The molecule has 0 saturated carbocycles. The summed E-state index contributed by atoms with van der Waals surface area (Å²) in [6.45, 7) is 4.33. The number of benzene rings is 1. The molecule has 1 aromatic carbocycles. The highest BCUT2D eigenvalue weighted by atomic mass is 32.1. The highest BCUT2D eigenvalue weighted by Gasteiger charge is 2.32. The number of carbonyl (C=O) groups is 1. The van der Waals surface area contributed by atoms with Crippen molar-refractivity contribution >= 4 is 23.2 Å². The number of aromatic nitrogens is 2. The van der Waals surface area contributed by atoms with Gasteiger partial charge in [0.1, 0.15) is 0 Å². The molecule has 0 radical (unpaired) electrons. The lowest BCUT2D eigenvalue weighted by molar-refractivity contribution is -0.133. The van der Waals surface area contributed by atoms with Crippen LogP contribution in [0.25, 0.3) is 0 Å². The van der Waals surface area contributed by atoms with E-state index in [2.05, 4.69) is 55.5 Å². The van der Waals surface area contributed by atoms with Crippen LogP contribution < -0.4 is 4.90 Å². The molecule has 2 aromatic heterocycles. The second kappa shape index (κ2) is 8.53. The zero-order valence-corrected chi connectivity index (χ0v) is 17.7. The first-order chi connectivity index (χ1) is 14.8. The minimum atomic E-state index is 0.157. The number of piperazine rings is 1. The molecular formula is C23H25N5OS. The number of thiophene rings is 1. The first kappa shape index (κ1) is 19.2. The molecular weight excluding hydrogens is 394 g/mol. The molecule has 0 N–H and O–H groups in total. The van der Waals surface area contributed by atoms with Crippen molar-refractivity contribution in [1.29, 1.82) is 0 Å².